The van der Waals surface area contributed by atoms with Gasteiger partial charge in [0.15, 0.2) is 0 Å². The van der Waals surface area contributed by atoms with Gasteiger partial charge in [-0.15, -0.1) is 0 Å². The standard InChI is InChI=1S/C60H40N4O4P2/c61-41-43-27-31-47(32-28-43)57-39-49-15-13-25-55(59(49)63-69(57,65-51-17-5-1-6-18-51)66-52-19-7-2-8-20-52)45-35-37-46(38-36-45)56-26-14-16-50-40-58(48-33-29-44(42-62)30-34-48)70(64-60(50)56,67-53-21-9-3-10-22-53)68-54-23-11-4-12-24-54/h1-40H. The summed E-state index contributed by atoms with van der Waals surface area (Å²) in [6, 6.07) is 78.7. The number of fused-ring (bicyclic) bond motifs is 2. The Kier molecular flexibility index (Phi) is 11.9. The third-order valence-electron chi connectivity index (χ3n) is 11.8. The fourth-order valence-corrected chi connectivity index (χ4v) is 13.4. The molecule has 0 amide bonds. The number of benzene rings is 9. The highest BCUT2D eigenvalue weighted by molar-refractivity contribution is 7.69. The third kappa shape index (κ3) is 8.74. The molecular weight excluding hydrogens is 903 g/mol. The van der Waals surface area contributed by atoms with Crippen molar-refractivity contribution in [2.45, 2.75) is 0 Å². The van der Waals surface area contributed by atoms with E-state index in [1.54, 1.807) is 24.3 Å². The van der Waals surface area contributed by atoms with Crippen molar-refractivity contribution in [1.82, 2.24) is 0 Å². The van der Waals surface area contributed by atoms with Gasteiger partial charge in [0.2, 0.25) is 0 Å². The highest BCUT2D eigenvalue weighted by Gasteiger charge is 2.38. The lowest BCUT2D eigenvalue weighted by Crippen LogP contribution is -2.07. The van der Waals surface area contributed by atoms with Crippen molar-refractivity contribution in [3.05, 3.63) is 264 Å². The van der Waals surface area contributed by atoms with Crippen LogP contribution in [0.5, 0.6) is 23.0 Å². The molecule has 0 bridgehead atoms. The molecule has 0 spiro atoms. The Labute approximate surface area is 406 Å². The van der Waals surface area contributed by atoms with Crippen LogP contribution in [0, 0.1) is 22.7 Å². The summed E-state index contributed by atoms with van der Waals surface area (Å²) in [6.45, 7) is 0. The maximum atomic E-state index is 9.67. The summed E-state index contributed by atoms with van der Waals surface area (Å²) in [5.41, 5.74) is 9.79. The van der Waals surface area contributed by atoms with Crippen LogP contribution >= 0.6 is 15.0 Å². The Morgan fingerprint density at radius 2 is 0.614 bits per heavy atom. The highest BCUT2D eigenvalue weighted by atomic mass is 31.2. The van der Waals surface area contributed by atoms with Gasteiger partial charge < -0.3 is 18.1 Å². The van der Waals surface area contributed by atoms with Gasteiger partial charge >= 0.3 is 15.0 Å². The van der Waals surface area contributed by atoms with Gasteiger partial charge in [0.25, 0.3) is 0 Å². The summed E-state index contributed by atoms with van der Waals surface area (Å²) in [6.07, 6.45) is 4.23. The molecule has 9 aromatic rings. The number of hydrogen-bond donors (Lipinski definition) is 0. The third-order valence-corrected chi connectivity index (χ3v) is 16.6. The van der Waals surface area contributed by atoms with E-state index in [2.05, 4.69) is 72.8 Å². The van der Waals surface area contributed by atoms with E-state index in [1.165, 1.54) is 0 Å². The van der Waals surface area contributed by atoms with Crippen LogP contribution in [-0.2, 0) is 0 Å². The minimum absolute atomic E-state index is 0.552. The first kappa shape index (κ1) is 43.7. The molecule has 0 radical (unpaired) electrons. The molecule has 0 aliphatic carbocycles. The zero-order valence-electron chi connectivity index (χ0n) is 37.4. The smallest absolute Gasteiger partial charge is 0.352 e. The van der Waals surface area contributed by atoms with Gasteiger partial charge in [-0.2, -0.15) is 20.0 Å². The topological polar surface area (TPSA) is 109 Å². The molecule has 0 N–H and O–H groups in total. The summed E-state index contributed by atoms with van der Waals surface area (Å²) in [5.74, 6) is 2.47. The van der Waals surface area contributed by atoms with Gasteiger partial charge in [-0.05, 0) is 107 Å². The van der Waals surface area contributed by atoms with Gasteiger partial charge in [-0.25, -0.2) is 0 Å². The second-order valence-electron chi connectivity index (χ2n) is 16.4. The van der Waals surface area contributed by atoms with Crippen LogP contribution in [0.3, 0.4) is 0 Å². The molecule has 0 saturated carbocycles. The molecule has 8 nitrogen and oxygen atoms in total. The Morgan fingerprint density at radius 1 is 0.314 bits per heavy atom. The molecule has 2 aliphatic rings. The first-order valence-electron chi connectivity index (χ1n) is 22.5. The van der Waals surface area contributed by atoms with Crippen molar-refractivity contribution >= 4 is 49.2 Å². The molecule has 0 fully saturated rings. The lowest BCUT2D eigenvalue weighted by Gasteiger charge is -2.31. The number of para-hydroxylation sites is 4. The van der Waals surface area contributed by atoms with Crippen molar-refractivity contribution in [3.63, 3.8) is 0 Å². The maximum absolute atomic E-state index is 9.67. The number of nitriles is 2. The van der Waals surface area contributed by atoms with E-state index >= 15 is 0 Å². The van der Waals surface area contributed by atoms with Gasteiger partial charge in [-0.3, -0.25) is 0 Å². The average Bonchev–Trinajstić information content (AvgIpc) is 3.41. The van der Waals surface area contributed by atoms with E-state index in [-0.39, 0.29) is 0 Å². The Hall–Kier alpha value is -8.90. The van der Waals surface area contributed by atoms with E-state index in [1.807, 2.05) is 158 Å². The van der Waals surface area contributed by atoms with Crippen molar-refractivity contribution in [1.29, 1.82) is 10.5 Å². The van der Waals surface area contributed by atoms with Crippen LogP contribution in [0.25, 0.3) is 45.0 Å². The lowest BCUT2D eigenvalue weighted by molar-refractivity contribution is 0.487. The molecule has 2 heterocycles. The first-order chi connectivity index (χ1) is 34.5. The molecular formula is C60H40N4O4P2. The molecule has 9 aromatic carbocycles. The normalized spacial score (nSPS) is 13.7. The monoisotopic (exact) mass is 942 g/mol. The maximum Gasteiger partial charge on any atom is 0.352 e. The van der Waals surface area contributed by atoms with Gasteiger partial charge in [0.05, 0.1) is 45.3 Å². The van der Waals surface area contributed by atoms with Crippen molar-refractivity contribution in [3.8, 4) is 57.4 Å². The number of hydrogen-bond acceptors (Lipinski definition) is 8. The summed E-state index contributed by atoms with van der Waals surface area (Å²) in [4.78, 5) is 0. The predicted molar refractivity (Wildman–Crippen MR) is 282 cm³/mol. The molecule has 10 heteroatoms. The SMILES string of the molecule is N#Cc1ccc(C2=Cc3cccc(-c4ccc(-c5cccc6c5N=P(Oc5ccccc5)(Oc5ccccc5)C(c5ccc(C#N)cc5)=C6)cc4)c3N=P2(Oc2ccccc2)Oc2ccccc2)cc1. The fourth-order valence-electron chi connectivity index (χ4n) is 8.44. The van der Waals surface area contributed by atoms with Crippen molar-refractivity contribution in [2.24, 2.45) is 9.49 Å². The van der Waals surface area contributed by atoms with E-state index < -0.39 is 15.0 Å². The molecule has 2 aliphatic heterocycles. The Bertz CT molecular complexity index is 3330. The zero-order chi connectivity index (χ0) is 47.3. The number of nitrogens with zero attached hydrogens (tertiary/aromatic N) is 4. The van der Waals surface area contributed by atoms with Crippen molar-refractivity contribution in [2.75, 3.05) is 0 Å². The Morgan fingerprint density at radius 3 is 0.914 bits per heavy atom. The van der Waals surface area contributed by atoms with Crippen molar-refractivity contribution < 1.29 is 18.1 Å². The fraction of sp³-hybridized carbons (Fsp3) is 0. The van der Waals surface area contributed by atoms with E-state index in [0.717, 1.165) is 66.5 Å². The summed E-state index contributed by atoms with van der Waals surface area (Å²) in [7, 11) is -6.77. The van der Waals surface area contributed by atoms with Crippen LogP contribution in [0.4, 0.5) is 11.4 Å². The van der Waals surface area contributed by atoms with Crippen LogP contribution in [0.15, 0.2) is 240 Å². The molecule has 334 valence electrons. The van der Waals surface area contributed by atoms with E-state index in [4.69, 9.17) is 27.6 Å². The van der Waals surface area contributed by atoms with Gasteiger partial charge in [0.1, 0.15) is 23.0 Å². The van der Waals surface area contributed by atoms with Crippen LogP contribution < -0.4 is 18.1 Å². The zero-order valence-corrected chi connectivity index (χ0v) is 39.2. The summed E-state index contributed by atoms with van der Waals surface area (Å²) in [5, 5.41) is 20.9. The molecule has 0 aromatic heterocycles. The minimum Gasteiger partial charge on any atom is -0.427 e. The summed E-state index contributed by atoms with van der Waals surface area (Å²) < 4.78 is 39.3. The highest BCUT2D eigenvalue weighted by Crippen LogP contribution is 2.69. The van der Waals surface area contributed by atoms with Crippen LogP contribution in [0.1, 0.15) is 33.4 Å². The average molecular weight is 943 g/mol. The second kappa shape index (κ2) is 19.0. The predicted octanol–water partition coefficient (Wildman–Crippen LogP) is 17.4. The molecule has 0 saturated heterocycles. The van der Waals surface area contributed by atoms with Gasteiger partial charge in [0, 0.05) is 22.3 Å². The van der Waals surface area contributed by atoms with Crippen LogP contribution in [-0.4, -0.2) is 0 Å². The minimum atomic E-state index is -3.38. The quantitative estimate of drug-likeness (QED) is 0.113. The van der Waals surface area contributed by atoms with E-state index in [0.29, 0.717) is 34.1 Å². The molecule has 70 heavy (non-hydrogen) atoms. The van der Waals surface area contributed by atoms with E-state index in [9.17, 15) is 10.5 Å². The van der Waals surface area contributed by atoms with Gasteiger partial charge in [-0.1, -0.05) is 158 Å². The molecule has 11 rings (SSSR count). The Balaban J connectivity index is 1.05. The molecule has 0 atom stereocenters. The lowest BCUT2D eigenvalue weighted by atomic mass is 9.95. The first-order valence-corrected chi connectivity index (χ1v) is 25.7. The number of rotatable bonds is 12. The second-order valence-corrected chi connectivity index (χ2v) is 20.5. The summed E-state index contributed by atoms with van der Waals surface area (Å²) >= 11 is 0. The molecule has 0 unspecified atom stereocenters. The van der Waals surface area contributed by atoms with Crippen LogP contribution in [0.2, 0.25) is 0 Å². The largest absolute Gasteiger partial charge is 0.427 e.